The van der Waals surface area contributed by atoms with Crippen molar-refractivity contribution in [1.29, 1.82) is 0 Å². The van der Waals surface area contributed by atoms with Gasteiger partial charge in [-0.15, -0.1) is 0 Å². The van der Waals surface area contributed by atoms with E-state index in [0.29, 0.717) is 0 Å². The predicted octanol–water partition coefficient (Wildman–Crippen LogP) is 1.66. The molecule has 1 aliphatic heterocycles. The lowest BCUT2D eigenvalue weighted by molar-refractivity contribution is 0.276. The summed E-state index contributed by atoms with van der Waals surface area (Å²) in [6.45, 7) is 6.29. The predicted molar refractivity (Wildman–Crippen MR) is 57.7 cm³/mol. The topological polar surface area (TPSA) is 51.0 Å². The Morgan fingerprint density at radius 2 is 2.33 bits per heavy atom. The first-order valence-electron chi connectivity index (χ1n) is 5.84. The van der Waals surface area contributed by atoms with Crippen molar-refractivity contribution >= 4 is 0 Å². The number of hydrogen-bond acceptors (Lipinski definition) is 4. The quantitative estimate of drug-likeness (QED) is 0.819. The van der Waals surface area contributed by atoms with Crippen LogP contribution in [-0.2, 0) is 11.8 Å². The maximum atomic E-state index is 5.39. The second-order valence-corrected chi connectivity index (χ2v) is 4.33. The molecule has 0 spiro atoms. The van der Waals surface area contributed by atoms with Gasteiger partial charge >= 0.3 is 0 Å². The van der Waals surface area contributed by atoms with Gasteiger partial charge in [-0.05, 0) is 19.4 Å². The minimum atomic E-state index is 0.106. The van der Waals surface area contributed by atoms with Gasteiger partial charge in [0.2, 0.25) is 5.89 Å². The average Bonchev–Trinajstić information content (AvgIpc) is 2.85. The maximum absolute atomic E-state index is 5.39. The highest BCUT2D eigenvalue weighted by Crippen LogP contribution is 2.34. The molecular formula is C11H19N3O. The second kappa shape index (κ2) is 4.31. The van der Waals surface area contributed by atoms with Gasteiger partial charge in [0.15, 0.2) is 5.82 Å². The van der Waals surface area contributed by atoms with Crippen LogP contribution in [0.1, 0.15) is 44.8 Å². The van der Waals surface area contributed by atoms with Crippen LogP contribution >= 0.6 is 0 Å². The van der Waals surface area contributed by atoms with E-state index in [0.717, 1.165) is 50.5 Å². The Kier molecular flexibility index (Phi) is 3.05. The number of aromatic nitrogens is 2. The number of rotatable bonds is 4. The molecule has 1 aliphatic rings. The molecule has 0 aromatic carbocycles. The standard InChI is InChI=1S/C11H19N3O/c1-3-5-11(6-7-12-8-11)10-13-9(4-2)14-15-10/h12H,3-8H2,1-2H3. The van der Waals surface area contributed by atoms with Crippen molar-refractivity contribution < 1.29 is 4.52 Å². The fraction of sp³-hybridized carbons (Fsp3) is 0.818. The third kappa shape index (κ3) is 1.91. The van der Waals surface area contributed by atoms with Crippen LogP contribution in [0.15, 0.2) is 4.52 Å². The lowest BCUT2D eigenvalue weighted by Gasteiger charge is -2.22. The summed E-state index contributed by atoms with van der Waals surface area (Å²) >= 11 is 0. The molecule has 1 fully saturated rings. The Labute approximate surface area is 90.4 Å². The number of nitrogens with one attached hydrogen (secondary N) is 1. The zero-order valence-corrected chi connectivity index (χ0v) is 9.55. The van der Waals surface area contributed by atoms with Crippen molar-refractivity contribution in [3.63, 3.8) is 0 Å². The van der Waals surface area contributed by atoms with E-state index in [4.69, 9.17) is 4.52 Å². The summed E-state index contributed by atoms with van der Waals surface area (Å²) in [5.41, 5.74) is 0.106. The Balaban J connectivity index is 2.23. The van der Waals surface area contributed by atoms with Crippen LogP contribution in [-0.4, -0.2) is 23.2 Å². The molecule has 0 radical (unpaired) electrons. The van der Waals surface area contributed by atoms with Gasteiger partial charge in [0.05, 0.1) is 5.41 Å². The fourth-order valence-corrected chi connectivity index (χ4v) is 2.34. The number of nitrogens with zero attached hydrogens (tertiary/aromatic N) is 2. The molecule has 1 aromatic rings. The highest BCUT2D eigenvalue weighted by molar-refractivity contribution is 5.10. The number of hydrogen-bond donors (Lipinski definition) is 1. The minimum Gasteiger partial charge on any atom is -0.339 e. The molecule has 1 N–H and O–H groups in total. The van der Waals surface area contributed by atoms with E-state index in [1.165, 1.54) is 0 Å². The van der Waals surface area contributed by atoms with Gasteiger partial charge in [0.25, 0.3) is 0 Å². The molecule has 1 saturated heterocycles. The summed E-state index contributed by atoms with van der Waals surface area (Å²) in [4.78, 5) is 4.48. The molecule has 4 nitrogen and oxygen atoms in total. The number of aryl methyl sites for hydroxylation is 1. The summed E-state index contributed by atoms with van der Waals surface area (Å²) in [6.07, 6.45) is 4.25. The Morgan fingerprint density at radius 1 is 1.47 bits per heavy atom. The molecule has 2 rings (SSSR count). The first kappa shape index (κ1) is 10.6. The highest BCUT2D eigenvalue weighted by atomic mass is 16.5. The monoisotopic (exact) mass is 209 g/mol. The van der Waals surface area contributed by atoms with E-state index < -0.39 is 0 Å². The van der Waals surface area contributed by atoms with Crippen molar-refractivity contribution in [2.45, 2.75) is 44.9 Å². The fourth-order valence-electron chi connectivity index (χ4n) is 2.34. The lowest BCUT2D eigenvalue weighted by Crippen LogP contribution is -2.29. The zero-order chi connectivity index (χ0) is 10.7. The normalized spacial score (nSPS) is 26.0. The average molecular weight is 209 g/mol. The van der Waals surface area contributed by atoms with Crippen LogP contribution in [0.3, 0.4) is 0 Å². The van der Waals surface area contributed by atoms with Crippen LogP contribution in [0.4, 0.5) is 0 Å². The Morgan fingerprint density at radius 3 is 2.87 bits per heavy atom. The molecule has 4 heteroatoms. The molecule has 15 heavy (non-hydrogen) atoms. The molecule has 1 atom stereocenters. The van der Waals surface area contributed by atoms with Gasteiger partial charge in [-0.1, -0.05) is 25.4 Å². The molecular weight excluding hydrogens is 190 g/mol. The lowest BCUT2D eigenvalue weighted by atomic mass is 9.82. The SMILES string of the molecule is CCCC1(c2nc(CC)no2)CCNC1. The van der Waals surface area contributed by atoms with Gasteiger partial charge in [0.1, 0.15) is 0 Å². The summed E-state index contributed by atoms with van der Waals surface area (Å²) in [6, 6.07) is 0. The maximum Gasteiger partial charge on any atom is 0.234 e. The Bertz CT molecular complexity index is 315. The third-order valence-electron chi connectivity index (χ3n) is 3.21. The largest absolute Gasteiger partial charge is 0.339 e. The van der Waals surface area contributed by atoms with Crippen molar-refractivity contribution in [3.8, 4) is 0 Å². The first-order chi connectivity index (χ1) is 7.30. The Hall–Kier alpha value is -0.900. The summed E-state index contributed by atoms with van der Waals surface area (Å²) in [7, 11) is 0. The molecule has 84 valence electrons. The molecule has 0 bridgehead atoms. The van der Waals surface area contributed by atoms with Gasteiger partial charge in [0, 0.05) is 13.0 Å². The van der Waals surface area contributed by atoms with Gasteiger partial charge < -0.3 is 9.84 Å². The van der Waals surface area contributed by atoms with E-state index >= 15 is 0 Å². The van der Waals surface area contributed by atoms with Crippen LogP contribution in [0.25, 0.3) is 0 Å². The van der Waals surface area contributed by atoms with Crippen molar-refractivity contribution in [3.05, 3.63) is 11.7 Å². The van der Waals surface area contributed by atoms with Crippen LogP contribution in [0, 0.1) is 0 Å². The van der Waals surface area contributed by atoms with E-state index in [1.807, 2.05) is 6.92 Å². The zero-order valence-electron chi connectivity index (χ0n) is 9.55. The van der Waals surface area contributed by atoms with Gasteiger partial charge in [-0.25, -0.2) is 0 Å². The molecule has 0 amide bonds. The second-order valence-electron chi connectivity index (χ2n) is 4.33. The third-order valence-corrected chi connectivity index (χ3v) is 3.21. The van der Waals surface area contributed by atoms with E-state index in [1.54, 1.807) is 0 Å². The van der Waals surface area contributed by atoms with Gasteiger partial charge in [-0.3, -0.25) is 0 Å². The highest BCUT2D eigenvalue weighted by Gasteiger charge is 2.39. The minimum absolute atomic E-state index is 0.106. The van der Waals surface area contributed by atoms with Crippen LogP contribution < -0.4 is 5.32 Å². The summed E-state index contributed by atoms with van der Waals surface area (Å²) in [5.74, 6) is 1.67. The molecule has 0 saturated carbocycles. The van der Waals surface area contributed by atoms with Crippen molar-refractivity contribution in [1.82, 2.24) is 15.5 Å². The summed E-state index contributed by atoms with van der Waals surface area (Å²) < 4.78 is 5.39. The van der Waals surface area contributed by atoms with Crippen molar-refractivity contribution in [2.75, 3.05) is 13.1 Å². The molecule has 1 unspecified atom stereocenters. The molecule has 1 aromatic heterocycles. The van der Waals surface area contributed by atoms with Gasteiger partial charge in [-0.2, -0.15) is 4.98 Å². The molecule has 2 heterocycles. The van der Waals surface area contributed by atoms with Crippen LogP contribution in [0.2, 0.25) is 0 Å². The summed E-state index contributed by atoms with van der Waals surface area (Å²) in [5, 5.41) is 7.39. The smallest absolute Gasteiger partial charge is 0.234 e. The van der Waals surface area contributed by atoms with Crippen molar-refractivity contribution in [2.24, 2.45) is 0 Å². The van der Waals surface area contributed by atoms with E-state index in [-0.39, 0.29) is 5.41 Å². The first-order valence-corrected chi connectivity index (χ1v) is 5.84. The van der Waals surface area contributed by atoms with Crippen LogP contribution in [0.5, 0.6) is 0 Å². The van der Waals surface area contributed by atoms with E-state index in [2.05, 4.69) is 22.4 Å². The van der Waals surface area contributed by atoms with E-state index in [9.17, 15) is 0 Å². The molecule has 0 aliphatic carbocycles.